The van der Waals surface area contributed by atoms with Gasteiger partial charge in [-0.15, -0.1) is 0 Å². The van der Waals surface area contributed by atoms with Crippen molar-refractivity contribution in [2.75, 3.05) is 0 Å². The third-order valence-electron chi connectivity index (χ3n) is 2.44. The molecule has 0 saturated heterocycles. The van der Waals surface area contributed by atoms with E-state index in [1.54, 1.807) is 16.0 Å². The van der Waals surface area contributed by atoms with Gasteiger partial charge in [0.2, 0.25) is 0 Å². The standard InChI is InChI=1S/C12H13N3S/c1-9(2)12-7-11(10-3-6-16-8-10)14-15(12)5-4-13/h3,6-9H,5H2,1-2H3. The minimum absolute atomic E-state index is 0.317. The summed E-state index contributed by atoms with van der Waals surface area (Å²) in [5.41, 5.74) is 3.20. The Morgan fingerprint density at radius 2 is 2.38 bits per heavy atom. The van der Waals surface area contributed by atoms with E-state index >= 15 is 0 Å². The van der Waals surface area contributed by atoms with Crippen LogP contribution in [0.15, 0.2) is 22.9 Å². The Kier molecular flexibility index (Phi) is 3.07. The van der Waals surface area contributed by atoms with Crippen LogP contribution in [0.1, 0.15) is 25.5 Å². The second-order valence-corrected chi connectivity index (χ2v) is 4.72. The molecule has 0 aliphatic heterocycles. The van der Waals surface area contributed by atoms with Crippen LogP contribution in [0, 0.1) is 11.3 Å². The lowest BCUT2D eigenvalue weighted by Gasteiger charge is -2.05. The fourth-order valence-electron chi connectivity index (χ4n) is 1.64. The van der Waals surface area contributed by atoms with Crippen LogP contribution in [0.25, 0.3) is 11.3 Å². The summed E-state index contributed by atoms with van der Waals surface area (Å²) < 4.78 is 1.79. The van der Waals surface area contributed by atoms with E-state index in [4.69, 9.17) is 5.26 Å². The van der Waals surface area contributed by atoms with Crippen molar-refractivity contribution in [2.24, 2.45) is 0 Å². The number of hydrogen-bond acceptors (Lipinski definition) is 3. The van der Waals surface area contributed by atoms with E-state index in [9.17, 15) is 0 Å². The van der Waals surface area contributed by atoms with Crippen LogP contribution < -0.4 is 0 Å². The van der Waals surface area contributed by atoms with E-state index in [0.29, 0.717) is 12.5 Å². The Morgan fingerprint density at radius 3 is 2.94 bits per heavy atom. The van der Waals surface area contributed by atoms with E-state index in [1.165, 1.54) is 0 Å². The van der Waals surface area contributed by atoms with E-state index in [-0.39, 0.29) is 0 Å². The molecule has 0 amide bonds. The van der Waals surface area contributed by atoms with Gasteiger partial charge >= 0.3 is 0 Å². The van der Waals surface area contributed by atoms with Crippen molar-refractivity contribution in [3.8, 4) is 17.3 Å². The minimum atomic E-state index is 0.317. The lowest BCUT2D eigenvalue weighted by molar-refractivity contribution is 0.634. The minimum Gasteiger partial charge on any atom is -0.255 e. The first-order valence-electron chi connectivity index (χ1n) is 5.19. The van der Waals surface area contributed by atoms with E-state index in [2.05, 4.69) is 36.5 Å². The molecule has 0 saturated carbocycles. The van der Waals surface area contributed by atoms with Gasteiger partial charge in [-0.1, -0.05) is 13.8 Å². The van der Waals surface area contributed by atoms with Crippen molar-refractivity contribution >= 4 is 11.3 Å². The first-order chi connectivity index (χ1) is 7.72. The zero-order chi connectivity index (χ0) is 11.5. The quantitative estimate of drug-likeness (QED) is 0.813. The molecule has 0 N–H and O–H groups in total. The third-order valence-corrected chi connectivity index (χ3v) is 3.12. The highest BCUT2D eigenvalue weighted by molar-refractivity contribution is 7.08. The molecule has 4 heteroatoms. The number of rotatable bonds is 3. The van der Waals surface area contributed by atoms with E-state index in [1.807, 2.05) is 11.4 Å². The molecule has 2 aromatic rings. The summed E-state index contributed by atoms with van der Waals surface area (Å²) in [6, 6.07) is 6.26. The van der Waals surface area contributed by atoms with Gasteiger partial charge in [0.05, 0.1) is 11.8 Å². The summed E-state index contributed by atoms with van der Waals surface area (Å²) >= 11 is 1.66. The maximum Gasteiger partial charge on any atom is 0.128 e. The van der Waals surface area contributed by atoms with Gasteiger partial charge < -0.3 is 0 Å². The molecule has 0 aliphatic carbocycles. The molecule has 0 atom stereocenters. The van der Waals surface area contributed by atoms with Crippen LogP contribution in [0.2, 0.25) is 0 Å². The molecule has 0 bridgehead atoms. The molecule has 3 nitrogen and oxygen atoms in total. The summed E-state index contributed by atoms with van der Waals surface area (Å²) in [5.74, 6) is 0.383. The molecule has 2 aromatic heterocycles. The molecule has 82 valence electrons. The maximum atomic E-state index is 8.76. The summed E-state index contributed by atoms with van der Waals surface area (Å²) in [4.78, 5) is 0. The van der Waals surface area contributed by atoms with Gasteiger partial charge in [0.25, 0.3) is 0 Å². The molecule has 0 fully saturated rings. The molecule has 0 aliphatic rings. The Bertz CT molecular complexity index is 503. The topological polar surface area (TPSA) is 41.6 Å². The number of thiophene rings is 1. The Labute approximate surface area is 99.0 Å². The highest BCUT2D eigenvalue weighted by Gasteiger charge is 2.12. The van der Waals surface area contributed by atoms with Crippen LogP contribution in [-0.2, 0) is 6.54 Å². The fourth-order valence-corrected chi connectivity index (χ4v) is 2.29. The Morgan fingerprint density at radius 1 is 1.56 bits per heavy atom. The van der Waals surface area contributed by atoms with Crippen molar-refractivity contribution in [3.05, 3.63) is 28.6 Å². The van der Waals surface area contributed by atoms with Gasteiger partial charge in [-0.25, -0.2) is 0 Å². The van der Waals surface area contributed by atoms with Gasteiger partial charge in [0.15, 0.2) is 0 Å². The monoisotopic (exact) mass is 231 g/mol. The van der Waals surface area contributed by atoms with Gasteiger partial charge in [-0.2, -0.15) is 21.7 Å². The number of nitrogens with zero attached hydrogens (tertiary/aromatic N) is 3. The fraction of sp³-hybridized carbons (Fsp3) is 0.333. The summed E-state index contributed by atoms with van der Waals surface area (Å²) in [7, 11) is 0. The second-order valence-electron chi connectivity index (χ2n) is 3.94. The first-order valence-corrected chi connectivity index (χ1v) is 6.14. The first kappa shape index (κ1) is 10.9. The predicted molar refractivity (Wildman–Crippen MR) is 65.2 cm³/mol. The van der Waals surface area contributed by atoms with Crippen LogP contribution in [0.4, 0.5) is 0 Å². The van der Waals surface area contributed by atoms with Gasteiger partial charge in [0.1, 0.15) is 6.54 Å². The smallest absolute Gasteiger partial charge is 0.128 e. The largest absolute Gasteiger partial charge is 0.255 e. The Hall–Kier alpha value is -1.60. The highest BCUT2D eigenvalue weighted by atomic mass is 32.1. The molecule has 0 radical (unpaired) electrons. The van der Waals surface area contributed by atoms with Crippen LogP contribution in [0.5, 0.6) is 0 Å². The van der Waals surface area contributed by atoms with Crippen molar-refractivity contribution in [3.63, 3.8) is 0 Å². The third kappa shape index (κ3) is 2.00. The van der Waals surface area contributed by atoms with Crippen molar-refractivity contribution < 1.29 is 0 Å². The van der Waals surface area contributed by atoms with Gasteiger partial charge in [-0.3, -0.25) is 4.68 Å². The van der Waals surface area contributed by atoms with E-state index in [0.717, 1.165) is 17.0 Å². The average molecular weight is 231 g/mol. The zero-order valence-electron chi connectivity index (χ0n) is 9.34. The number of nitriles is 1. The summed E-state index contributed by atoms with van der Waals surface area (Å²) in [6.07, 6.45) is 0. The lowest BCUT2D eigenvalue weighted by Crippen LogP contribution is -2.04. The van der Waals surface area contributed by atoms with Crippen LogP contribution >= 0.6 is 11.3 Å². The van der Waals surface area contributed by atoms with Crippen LogP contribution in [0.3, 0.4) is 0 Å². The SMILES string of the molecule is CC(C)c1cc(-c2ccsc2)nn1CC#N. The van der Waals surface area contributed by atoms with Gasteiger partial charge in [-0.05, 0) is 23.4 Å². The highest BCUT2D eigenvalue weighted by Crippen LogP contribution is 2.25. The van der Waals surface area contributed by atoms with Crippen molar-refractivity contribution in [1.82, 2.24) is 9.78 Å². The van der Waals surface area contributed by atoms with Crippen molar-refractivity contribution in [1.29, 1.82) is 5.26 Å². The normalized spacial score (nSPS) is 10.6. The number of hydrogen-bond donors (Lipinski definition) is 0. The molecule has 16 heavy (non-hydrogen) atoms. The molecular formula is C12H13N3S. The molecule has 2 rings (SSSR count). The summed E-state index contributed by atoms with van der Waals surface area (Å²) in [6.45, 7) is 4.54. The Balaban J connectivity index is 2.43. The maximum absolute atomic E-state index is 8.76. The molecule has 0 spiro atoms. The van der Waals surface area contributed by atoms with Crippen LogP contribution in [-0.4, -0.2) is 9.78 Å². The van der Waals surface area contributed by atoms with E-state index < -0.39 is 0 Å². The molecule has 0 aromatic carbocycles. The zero-order valence-corrected chi connectivity index (χ0v) is 10.2. The lowest BCUT2D eigenvalue weighted by atomic mass is 10.1. The molecule has 2 heterocycles. The average Bonchev–Trinajstić information content (AvgIpc) is 2.83. The second kappa shape index (κ2) is 4.50. The summed E-state index contributed by atoms with van der Waals surface area (Å²) in [5, 5.41) is 17.3. The van der Waals surface area contributed by atoms with Crippen molar-refractivity contribution in [2.45, 2.75) is 26.3 Å². The molecular weight excluding hydrogens is 218 g/mol. The predicted octanol–water partition coefficient (Wildman–Crippen LogP) is 3.26. The molecule has 0 unspecified atom stereocenters. The van der Waals surface area contributed by atoms with Gasteiger partial charge in [0, 0.05) is 16.6 Å². The number of aromatic nitrogens is 2.